The van der Waals surface area contributed by atoms with E-state index in [0.717, 1.165) is 18.4 Å². The fraction of sp³-hybridized carbons (Fsp3) is 0.643. The molecule has 1 aromatic rings. The van der Waals surface area contributed by atoms with Crippen LogP contribution in [0.3, 0.4) is 0 Å². The van der Waals surface area contributed by atoms with Crippen LogP contribution in [0.1, 0.15) is 63.9 Å². The second-order valence-electron chi connectivity index (χ2n) is 4.61. The minimum atomic E-state index is 0.356. The first-order valence-electron chi connectivity index (χ1n) is 6.61. The largest absolute Gasteiger partial charge is 0.241 e. The van der Waals surface area contributed by atoms with Crippen molar-refractivity contribution < 1.29 is 0 Å². The highest BCUT2D eigenvalue weighted by atomic mass is 35.5. The van der Waals surface area contributed by atoms with Crippen molar-refractivity contribution in [1.29, 1.82) is 0 Å². The molecule has 0 spiro atoms. The van der Waals surface area contributed by atoms with Crippen LogP contribution in [0.5, 0.6) is 0 Å². The van der Waals surface area contributed by atoms with Crippen LogP contribution >= 0.6 is 34.8 Å². The van der Waals surface area contributed by atoms with E-state index in [0.29, 0.717) is 21.1 Å². The van der Waals surface area contributed by atoms with Crippen LogP contribution in [0.25, 0.3) is 0 Å². The summed E-state index contributed by atoms with van der Waals surface area (Å²) in [5, 5.41) is 1.53. The molecule has 1 rings (SSSR count). The molecule has 0 radical (unpaired) electrons. The van der Waals surface area contributed by atoms with Crippen molar-refractivity contribution in [3.8, 4) is 0 Å². The fourth-order valence-corrected chi connectivity index (χ4v) is 2.97. The second kappa shape index (κ2) is 8.24. The zero-order valence-electron chi connectivity index (χ0n) is 11.0. The van der Waals surface area contributed by atoms with E-state index in [4.69, 9.17) is 34.8 Å². The summed E-state index contributed by atoms with van der Waals surface area (Å²) in [4.78, 5) is 3.98. The Balaban J connectivity index is 2.99. The lowest BCUT2D eigenvalue weighted by atomic mass is 9.89. The summed E-state index contributed by atoms with van der Waals surface area (Å²) in [6.07, 6.45) is 8.54. The number of unbranched alkanes of at least 4 members (excludes halogenated alkanes) is 2. The Morgan fingerprint density at radius 1 is 1.06 bits per heavy atom. The molecule has 0 amide bonds. The Hall–Kier alpha value is 0.0200. The molecule has 18 heavy (non-hydrogen) atoms. The third kappa shape index (κ3) is 4.29. The quantitative estimate of drug-likeness (QED) is 0.523. The van der Waals surface area contributed by atoms with Gasteiger partial charge in [0.15, 0.2) is 0 Å². The second-order valence-corrected chi connectivity index (χ2v) is 5.75. The van der Waals surface area contributed by atoms with Crippen molar-refractivity contribution in [1.82, 2.24) is 4.98 Å². The Kier molecular flexibility index (Phi) is 7.36. The number of aromatic nitrogens is 1. The van der Waals surface area contributed by atoms with Crippen molar-refractivity contribution in [2.75, 3.05) is 0 Å². The van der Waals surface area contributed by atoms with E-state index in [-0.39, 0.29) is 0 Å². The number of rotatable bonds is 7. The van der Waals surface area contributed by atoms with E-state index < -0.39 is 0 Å². The SMILES string of the molecule is CCCCC(CCCC)c1c(Cl)cnc(Cl)c1Cl. The zero-order valence-corrected chi connectivity index (χ0v) is 13.2. The van der Waals surface area contributed by atoms with Gasteiger partial charge < -0.3 is 0 Å². The van der Waals surface area contributed by atoms with Crippen molar-refractivity contribution in [3.63, 3.8) is 0 Å². The Labute approximate surface area is 125 Å². The van der Waals surface area contributed by atoms with Gasteiger partial charge in [0.05, 0.1) is 10.0 Å². The lowest BCUT2D eigenvalue weighted by molar-refractivity contribution is 0.525. The normalized spacial score (nSPS) is 11.2. The highest BCUT2D eigenvalue weighted by molar-refractivity contribution is 6.43. The first-order chi connectivity index (χ1) is 8.61. The molecule has 4 heteroatoms. The van der Waals surface area contributed by atoms with Gasteiger partial charge in [-0.1, -0.05) is 74.3 Å². The molecule has 0 atom stereocenters. The molecule has 0 bridgehead atoms. The van der Waals surface area contributed by atoms with Crippen molar-refractivity contribution in [2.45, 2.75) is 58.3 Å². The van der Waals surface area contributed by atoms with Crippen LogP contribution < -0.4 is 0 Å². The first-order valence-corrected chi connectivity index (χ1v) is 7.74. The van der Waals surface area contributed by atoms with Crippen molar-refractivity contribution in [2.24, 2.45) is 0 Å². The molecular weight excluding hydrogens is 289 g/mol. The summed E-state index contributed by atoms with van der Waals surface area (Å²) in [5.41, 5.74) is 0.986. The molecular formula is C14H20Cl3N. The van der Waals surface area contributed by atoms with E-state index in [1.165, 1.54) is 25.7 Å². The molecule has 0 aromatic carbocycles. The van der Waals surface area contributed by atoms with Crippen LogP contribution in [0.15, 0.2) is 6.20 Å². The van der Waals surface area contributed by atoms with Crippen LogP contribution in [0, 0.1) is 0 Å². The van der Waals surface area contributed by atoms with Gasteiger partial charge in [0, 0.05) is 6.20 Å². The van der Waals surface area contributed by atoms with Crippen LogP contribution in [-0.2, 0) is 0 Å². The highest BCUT2D eigenvalue weighted by Gasteiger charge is 2.20. The van der Waals surface area contributed by atoms with Gasteiger partial charge >= 0.3 is 0 Å². The maximum atomic E-state index is 6.27. The summed E-state index contributed by atoms with van der Waals surface area (Å²) < 4.78 is 0. The van der Waals surface area contributed by atoms with Gasteiger partial charge in [0.2, 0.25) is 0 Å². The summed E-state index contributed by atoms with van der Waals surface area (Å²) in [6.45, 7) is 4.39. The molecule has 0 fully saturated rings. The molecule has 1 aromatic heterocycles. The predicted octanol–water partition coefficient (Wildman–Crippen LogP) is 6.51. The van der Waals surface area contributed by atoms with Gasteiger partial charge in [-0.25, -0.2) is 4.98 Å². The van der Waals surface area contributed by atoms with Crippen LogP contribution in [-0.4, -0.2) is 4.98 Å². The molecule has 0 aliphatic heterocycles. The third-order valence-corrected chi connectivity index (χ3v) is 4.25. The Bertz CT molecular complexity index is 372. The number of nitrogens with zero attached hydrogens (tertiary/aromatic N) is 1. The van der Waals surface area contributed by atoms with E-state index in [2.05, 4.69) is 18.8 Å². The molecule has 0 saturated heterocycles. The predicted molar refractivity (Wildman–Crippen MR) is 81.1 cm³/mol. The number of halogens is 3. The minimum Gasteiger partial charge on any atom is -0.241 e. The summed E-state index contributed by atoms with van der Waals surface area (Å²) in [5.74, 6) is 0.394. The minimum absolute atomic E-state index is 0.356. The van der Waals surface area contributed by atoms with E-state index in [1.807, 2.05) is 0 Å². The van der Waals surface area contributed by atoms with Crippen molar-refractivity contribution >= 4 is 34.8 Å². The number of hydrogen-bond donors (Lipinski definition) is 0. The maximum Gasteiger partial charge on any atom is 0.147 e. The highest BCUT2D eigenvalue weighted by Crippen LogP contribution is 2.39. The standard InChI is InChI=1S/C14H20Cl3N/c1-3-5-7-10(8-6-4-2)12-11(15)9-18-14(17)13(12)16/h9-10H,3-8H2,1-2H3. The average molecular weight is 309 g/mol. The lowest BCUT2D eigenvalue weighted by Gasteiger charge is -2.20. The maximum absolute atomic E-state index is 6.27. The summed E-state index contributed by atoms with van der Waals surface area (Å²) in [6, 6.07) is 0. The fourth-order valence-electron chi connectivity index (χ4n) is 2.16. The molecule has 0 aliphatic rings. The van der Waals surface area contributed by atoms with Gasteiger partial charge in [-0.15, -0.1) is 0 Å². The van der Waals surface area contributed by atoms with E-state index in [9.17, 15) is 0 Å². The van der Waals surface area contributed by atoms with E-state index >= 15 is 0 Å². The zero-order chi connectivity index (χ0) is 13.5. The molecule has 0 unspecified atom stereocenters. The molecule has 0 saturated carbocycles. The Morgan fingerprint density at radius 2 is 1.61 bits per heavy atom. The van der Waals surface area contributed by atoms with Crippen LogP contribution in [0.2, 0.25) is 15.2 Å². The van der Waals surface area contributed by atoms with Gasteiger partial charge in [-0.3, -0.25) is 0 Å². The van der Waals surface area contributed by atoms with Gasteiger partial charge in [-0.05, 0) is 24.3 Å². The molecule has 0 N–H and O–H groups in total. The first kappa shape index (κ1) is 16.1. The number of pyridine rings is 1. The molecule has 0 aliphatic carbocycles. The third-order valence-electron chi connectivity index (χ3n) is 3.19. The van der Waals surface area contributed by atoms with E-state index in [1.54, 1.807) is 6.20 Å². The molecule has 1 heterocycles. The van der Waals surface area contributed by atoms with Gasteiger partial charge in [0.25, 0.3) is 0 Å². The topological polar surface area (TPSA) is 12.9 Å². The summed E-state index contributed by atoms with van der Waals surface area (Å²) >= 11 is 18.5. The smallest absolute Gasteiger partial charge is 0.147 e. The molecule has 1 nitrogen and oxygen atoms in total. The van der Waals surface area contributed by atoms with Gasteiger partial charge in [0.1, 0.15) is 5.15 Å². The Morgan fingerprint density at radius 3 is 2.11 bits per heavy atom. The summed E-state index contributed by atoms with van der Waals surface area (Å²) in [7, 11) is 0. The van der Waals surface area contributed by atoms with Gasteiger partial charge in [-0.2, -0.15) is 0 Å². The van der Waals surface area contributed by atoms with Crippen LogP contribution in [0.4, 0.5) is 0 Å². The lowest BCUT2D eigenvalue weighted by Crippen LogP contribution is -2.02. The average Bonchev–Trinajstić information content (AvgIpc) is 2.36. The monoisotopic (exact) mass is 307 g/mol. The molecule has 102 valence electrons. The van der Waals surface area contributed by atoms with Crippen molar-refractivity contribution in [3.05, 3.63) is 27.0 Å². The number of hydrogen-bond acceptors (Lipinski definition) is 1.